The molecule has 0 bridgehead atoms. The van der Waals surface area contributed by atoms with Crippen molar-refractivity contribution < 1.29 is 16.8 Å². The molecule has 0 fully saturated rings. The molecule has 0 aliphatic carbocycles. The van der Waals surface area contributed by atoms with E-state index in [-0.39, 0.29) is 10.4 Å². The molecule has 9 heteroatoms. The Labute approximate surface area is 170 Å². The highest BCUT2D eigenvalue weighted by Crippen LogP contribution is 2.30. The molecule has 3 rings (SSSR count). The highest BCUT2D eigenvalue weighted by Gasteiger charge is 2.28. The van der Waals surface area contributed by atoms with Gasteiger partial charge in [0.1, 0.15) is 8.07 Å². The molecule has 0 aliphatic heterocycles. The Hall–Kier alpha value is -2.05. The van der Waals surface area contributed by atoms with Crippen LogP contribution in [0.15, 0.2) is 64.5 Å². The fraction of sp³-hybridized carbons (Fsp3) is 0.158. The summed E-state index contributed by atoms with van der Waals surface area (Å²) in [5.41, 5.74) is 4.14. The molecule has 2 aromatic carbocycles. The van der Waals surface area contributed by atoms with Crippen molar-refractivity contribution in [1.82, 2.24) is 3.97 Å². The van der Waals surface area contributed by atoms with Crippen LogP contribution in [0.2, 0.25) is 19.6 Å². The maximum absolute atomic E-state index is 13.1. The van der Waals surface area contributed by atoms with E-state index in [1.807, 2.05) is 0 Å². The monoisotopic (exact) mass is 451 g/mol. The van der Waals surface area contributed by atoms with Crippen LogP contribution in [0.5, 0.6) is 0 Å². The molecule has 0 saturated carbocycles. The molecule has 0 atom stereocenters. The van der Waals surface area contributed by atoms with Gasteiger partial charge in [0.05, 0.1) is 10.4 Å². The van der Waals surface area contributed by atoms with Gasteiger partial charge in [-0.25, -0.2) is 20.8 Å². The van der Waals surface area contributed by atoms with E-state index in [9.17, 15) is 16.8 Å². The van der Waals surface area contributed by atoms with Crippen molar-refractivity contribution in [2.24, 2.45) is 0 Å². The SMILES string of the molecule is C[Si](C)(C)C#Cc1ccc2c(c1)cc(S(=O)(=O)Cl)n2S(=O)(=O)c1ccccc1. The van der Waals surface area contributed by atoms with Crippen LogP contribution in [0.4, 0.5) is 0 Å². The number of benzene rings is 2. The minimum Gasteiger partial charge on any atom is -0.221 e. The minimum absolute atomic E-state index is 0.0309. The van der Waals surface area contributed by atoms with Crippen molar-refractivity contribution in [3.8, 4) is 11.5 Å². The van der Waals surface area contributed by atoms with E-state index in [4.69, 9.17) is 10.7 Å². The van der Waals surface area contributed by atoms with Gasteiger partial charge in [-0.15, -0.1) is 5.54 Å². The summed E-state index contributed by atoms with van der Waals surface area (Å²) in [6.45, 7) is 6.33. The van der Waals surface area contributed by atoms with E-state index >= 15 is 0 Å². The second-order valence-corrected chi connectivity index (χ2v) is 16.3. The van der Waals surface area contributed by atoms with Gasteiger partial charge in [0.25, 0.3) is 19.1 Å². The summed E-state index contributed by atoms with van der Waals surface area (Å²) < 4.78 is 51.2. The van der Waals surface area contributed by atoms with Crippen LogP contribution in [0.3, 0.4) is 0 Å². The normalized spacial score (nSPS) is 12.6. The Morgan fingerprint density at radius 1 is 0.929 bits per heavy atom. The Bertz CT molecular complexity index is 1330. The molecule has 1 aromatic heterocycles. The summed E-state index contributed by atoms with van der Waals surface area (Å²) in [6.07, 6.45) is 0. The van der Waals surface area contributed by atoms with Crippen LogP contribution >= 0.6 is 10.7 Å². The van der Waals surface area contributed by atoms with E-state index in [1.54, 1.807) is 36.4 Å². The number of aromatic nitrogens is 1. The zero-order valence-corrected chi connectivity index (χ0v) is 18.9. The van der Waals surface area contributed by atoms with Crippen LogP contribution < -0.4 is 0 Å². The van der Waals surface area contributed by atoms with Gasteiger partial charge < -0.3 is 0 Å². The first-order valence-corrected chi connectivity index (χ1v) is 15.6. The van der Waals surface area contributed by atoms with Gasteiger partial charge in [-0.3, -0.25) is 0 Å². The van der Waals surface area contributed by atoms with E-state index in [0.717, 1.165) is 3.97 Å². The lowest BCUT2D eigenvalue weighted by atomic mass is 10.2. The Morgan fingerprint density at radius 2 is 1.57 bits per heavy atom. The maximum atomic E-state index is 13.1. The lowest BCUT2D eigenvalue weighted by molar-refractivity contribution is 0.578. The molecule has 1 heterocycles. The van der Waals surface area contributed by atoms with E-state index in [0.29, 0.717) is 10.9 Å². The molecule has 0 unspecified atom stereocenters. The van der Waals surface area contributed by atoms with Crippen LogP contribution in [-0.4, -0.2) is 28.9 Å². The van der Waals surface area contributed by atoms with Crippen LogP contribution in [0.1, 0.15) is 5.56 Å². The quantitative estimate of drug-likeness (QED) is 0.342. The van der Waals surface area contributed by atoms with Crippen LogP contribution in [0, 0.1) is 11.5 Å². The van der Waals surface area contributed by atoms with Gasteiger partial charge in [-0.1, -0.05) is 43.8 Å². The molecule has 146 valence electrons. The topological polar surface area (TPSA) is 73.2 Å². The number of hydrogen-bond acceptors (Lipinski definition) is 4. The number of nitrogens with zero attached hydrogens (tertiary/aromatic N) is 1. The minimum atomic E-state index is -4.31. The number of rotatable bonds is 3. The Morgan fingerprint density at radius 3 is 2.14 bits per heavy atom. The van der Waals surface area contributed by atoms with Crippen LogP contribution in [-0.2, 0) is 19.1 Å². The smallest absolute Gasteiger partial charge is 0.221 e. The second-order valence-electron chi connectivity index (χ2n) is 7.28. The average molecular weight is 452 g/mol. The molecule has 0 N–H and O–H groups in total. The highest BCUT2D eigenvalue weighted by atomic mass is 35.7. The van der Waals surface area contributed by atoms with Gasteiger partial charge in [-0.2, -0.15) is 0 Å². The Kier molecular flexibility index (Phi) is 5.23. The van der Waals surface area contributed by atoms with Crippen molar-refractivity contribution in [2.75, 3.05) is 0 Å². The van der Waals surface area contributed by atoms with Gasteiger partial charge in [0.15, 0.2) is 5.03 Å². The van der Waals surface area contributed by atoms with Crippen molar-refractivity contribution in [3.63, 3.8) is 0 Å². The lowest BCUT2D eigenvalue weighted by Gasteiger charge is -2.10. The largest absolute Gasteiger partial charge is 0.277 e. The third-order valence-electron chi connectivity index (χ3n) is 3.84. The van der Waals surface area contributed by atoms with E-state index in [1.165, 1.54) is 18.2 Å². The molecule has 3 aromatic rings. The third-order valence-corrected chi connectivity index (χ3v) is 7.85. The summed E-state index contributed by atoms with van der Waals surface area (Å²) in [6, 6.07) is 13.8. The molecule has 0 saturated heterocycles. The third kappa shape index (κ3) is 4.18. The fourth-order valence-corrected chi connectivity index (χ4v) is 6.18. The fourth-order valence-electron chi connectivity index (χ4n) is 2.62. The molecule has 0 spiro atoms. The number of hydrogen-bond donors (Lipinski definition) is 0. The van der Waals surface area contributed by atoms with Crippen LogP contribution in [0.25, 0.3) is 10.9 Å². The molecule has 0 aliphatic rings. The van der Waals surface area contributed by atoms with Crippen molar-refractivity contribution in [3.05, 3.63) is 60.2 Å². The molecular weight excluding hydrogens is 434 g/mol. The highest BCUT2D eigenvalue weighted by molar-refractivity contribution is 8.14. The second kappa shape index (κ2) is 7.08. The first-order valence-electron chi connectivity index (χ1n) is 8.34. The first-order chi connectivity index (χ1) is 12.9. The van der Waals surface area contributed by atoms with Gasteiger partial charge in [0, 0.05) is 21.6 Å². The van der Waals surface area contributed by atoms with Gasteiger partial charge in [0.2, 0.25) is 0 Å². The summed E-state index contributed by atoms with van der Waals surface area (Å²) in [4.78, 5) is -0.0309. The van der Waals surface area contributed by atoms with Crippen molar-refractivity contribution >= 4 is 48.7 Å². The standard InChI is InChI=1S/C19H18ClNO4S2Si/c1-28(2,3)12-11-15-9-10-18-16(13-15)14-19(26(20,22)23)21(18)27(24,25)17-7-5-4-6-8-17/h4-10,13-14H,1-3H3. The first kappa shape index (κ1) is 20.7. The summed E-state index contributed by atoms with van der Waals surface area (Å²) in [5, 5.41) is -0.0653. The predicted molar refractivity (Wildman–Crippen MR) is 114 cm³/mol. The molecule has 0 amide bonds. The molecule has 0 radical (unpaired) electrons. The summed E-state index contributed by atoms with van der Waals surface area (Å²) in [5.74, 6) is 3.09. The summed E-state index contributed by atoms with van der Waals surface area (Å²) >= 11 is 0. The van der Waals surface area contributed by atoms with E-state index in [2.05, 4.69) is 31.1 Å². The zero-order valence-electron chi connectivity index (χ0n) is 15.5. The summed E-state index contributed by atoms with van der Waals surface area (Å²) in [7, 11) is -4.51. The number of fused-ring (bicyclic) bond motifs is 1. The Balaban J connectivity index is 2.31. The van der Waals surface area contributed by atoms with Gasteiger partial charge >= 0.3 is 0 Å². The lowest BCUT2D eigenvalue weighted by Crippen LogP contribution is -2.16. The average Bonchev–Trinajstić information content (AvgIpc) is 3.00. The van der Waals surface area contributed by atoms with Crippen molar-refractivity contribution in [2.45, 2.75) is 29.6 Å². The van der Waals surface area contributed by atoms with Crippen molar-refractivity contribution in [1.29, 1.82) is 0 Å². The molecule has 28 heavy (non-hydrogen) atoms. The van der Waals surface area contributed by atoms with E-state index < -0.39 is 32.2 Å². The zero-order chi connectivity index (χ0) is 20.7. The predicted octanol–water partition coefficient (Wildman–Crippen LogP) is 4.03. The van der Waals surface area contributed by atoms with Gasteiger partial charge in [-0.05, 0) is 36.4 Å². The molecule has 5 nitrogen and oxygen atoms in total. The number of halogens is 1. The molecular formula is C19H18ClNO4S2Si. The maximum Gasteiger partial charge on any atom is 0.277 e.